The van der Waals surface area contributed by atoms with Crippen LogP contribution < -0.4 is 5.73 Å². The van der Waals surface area contributed by atoms with Gasteiger partial charge in [-0.15, -0.1) is 0 Å². The lowest BCUT2D eigenvalue weighted by Gasteiger charge is -2.26. The average molecular weight is 283 g/mol. The molecule has 1 atom stereocenters. The van der Waals surface area contributed by atoms with Gasteiger partial charge >= 0.3 is 0 Å². The number of carbonyl (C=O) groups excluding carboxylic acids is 1. The number of anilines is 1. The smallest absolute Gasteiger partial charge is 0.253 e. The summed E-state index contributed by atoms with van der Waals surface area (Å²) in [5.74, 6) is -2.21. The lowest BCUT2D eigenvalue weighted by atomic mass is 10.1. The third kappa shape index (κ3) is 2.90. The number of nitrogens with two attached hydrogens (primary N) is 1. The second-order valence-corrected chi connectivity index (χ2v) is 5.32. The Kier molecular flexibility index (Phi) is 4.23. The third-order valence-electron chi connectivity index (χ3n) is 3.83. The zero-order valence-electron chi connectivity index (χ0n) is 11.7. The number of carbonyl (C=O) groups is 1. The van der Waals surface area contributed by atoms with Crippen LogP contribution >= 0.6 is 0 Å². The van der Waals surface area contributed by atoms with E-state index in [0.717, 1.165) is 31.5 Å². The second-order valence-electron chi connectivity index (χ2n) is 5.32. The Morgan fingerprint density at radius 1 is 1.45 bits per heavy atom. The molecule has 20 heavy (non-hydrogen) atoms. The molecule has 0 bridgehead atoms. The molecule has 1 unspecified atom stereocenters. The Morgan fingerprint density at radius 2 is 2.05 bits per heavy atom. The lowest BCUT2D eigenvalue weighted by molar-refractivity contribution is 0.0760. The quantitative estimate of drug-likeness (QED) is 0.859. The highest BCUT2D eigenvalue weighted by Crippen LogP contribution is 2.20. The summed E-state index contributed by atoms with van der Waals surface area (Å²) in [6.07, 6.45) is 2.13. The molecule has 0 aromatic heterocycles. The van der Waals surface area contributed by atoms with Crippen LogP contribution in [0.1, 0.15) is 23.2 Å². The first-order chi connectivity index (χ1) is 9.40. The fraction of sp³-hybridized carbons (Fsp3) is 0.500. The van der Waals surface area contributed by atoms with Crippen molar-refractivity contribution in [3.05, 3.63) is 29.3 Å². The van der Waals surface area contributed by atoms with Crippen LogP contribution in [0.25, 0.3) is 0 Å². The number of likely N-dealkylation sites (N-methyl/N-ethyl adjacent to an activating group) is 2. The summed E-state index contributed by atoms with van der Waals surface area (Å²) in [5, 5.41) is 0. The zero-order valence-corrected chi connectivity index (χ0v) is 11.7. The van der Waals surface area contributed by atoms with Crippen molar-refractivity contribution in [2.45, 2.75) is 18.9 Å². The minimum atomic E-state index is -0.903. The number of hydrogen-bond acceptors (Lipinski definition) is 3. The predicted octanol–water partition coefficient (Wildman–Crippen LogP) is 1.71. The lowest BCUT2D eigenvalue weighted by Crippen LogP contribution is -2.39. The van der Waals surface area contributed by atoms with Gasteiger partial charge in [0.15, 0.2) is 0 Å². The van der Waals surface area contributed by atoms with E-state index in [1.807, 2.05) is 7.05 Å². The van der Waals surface area contributed by atoms with E-state index in [0.29, 0.717) is 12.6 Å². The van der Waals surface area contributed by atoms with Crippen molar-refractivity contribution >= 4 is 11.6 Å². The van der Waals surface area contributed by atoms with Gasteiger partial charge in [-0.3, -0.25) is 4.79 Å². The molecule has 4 nitrogen and oxygen atoms in total. The Labute approximate surface area is 117 Å². The van der Waals surface area contributed by atoms with Gasteiger partial charge in [-0.2, -0.15) is 0 Å². The summed E-state index contributed by atoms with van der Waals surface area (Å²) in [4.78, 5) is 15.9. The topological polar surface area (TPSA) is 49.6 Å². The molecule has 1 heterocycles. The molecule has 1 fully saturated rings. The van der Waals surface area contributed by atoms with Crippen molar-refractivity contribution < 1.29 is 13.6 Å². The first-order valence-corrected chi connectivity index (χ1v) is 6.60. The maximum absolute atomic E-state index is 13.4. The monoisotopic (exact) mass is 283 g/mol. The largest absolute Gasteiger partial charge is 0.394 e. The number of rotatable bonds is 3. The van der Waals surface area contributed by atoms with Crippen LogP contribution in [-0.2, 0) is 0 Å². The Morgan fingerprint density at radius 3 is 2.55 bits per heavy atom. The van der Waals surface area contributed by atoms with E-state index in [2.05, 4.69) is 4.90 Å². The first-order valence-electron chi connectivity index (χ1n) is 6.60. The number of benzene rings is 1. The number of amides is 1. The van der Waals surface area contributed by atoms with Crippen LogP contribution in [0.15, 0.2) is 12.1 Å². The molecule has 0 spiro atoms. The molecular weight excluding hydrogens is 264 g/mol. The molecule has 1 saturated heterocycles. The van der Waals surface area contributed by atoms with Crippen LogP contribution in [0.3, 0.4) is 0 Å². The van der Waals surface area contributed by atoms with Crippen molar-refractivity contribution in [1.29, 1.82) is 0 Å². The highest BCUT2D eigenvalue weighted by atomic mass is 19.1. The number of nitrogen functional groups attached to an aromatic ring is 1. The summed E-state index contributed by atoms with van der Waals surface area (Å²) in [5.41, 5.74) is 4.62. The molecule has 1 aromatic carbocycles. The first kappa shape index (κ1) is 14.7. The standard InChI is InChI=1S/C14H19F2N3O/c1-18-5-3-4-10(18)8-19(2)14(20)9-6-11(15)13(17)12(16)7-9/h6-7,10H,3-5,8,17H2,1-2H3. The van der Waals surface area contributed by atoms with Gasteiger partial charge in [0, 0.05) is 25.2 Å². The fourth-order valence-corrected chi connectivity index (χ4v) is 2.54. The summed E-state index contributed by atoms with van der Waals surface area (Å²) in [6, 6.07) is 2.26. The molecule has 1 amide bonds. The summed E-state index contributed by atoms with van der Waals surface area (Å²) < 4.78 is 26.8. The Hall–Kier alpha value is -1.69. The van der Waals surface area contributed by atoms with Gasteiger partial charge in [0.2, 0.25) is 0 Å². The van der Waals surface area contributed by atoms with Gasteiger partial charge in [0.25, 0.3) is 5.91 Å². The summed E-state index contributed by atoms with van der Waals surface area (Å²) >= 11 is 0. The maximum Gasteiger partial charge on any atom is 0.253 e. The minimum absolute atomic E-state index is 0.0163. The average Bonchev–Trinajstić information content (AvgIpc) is 2.80. The molecular formula is C14H19F2N3O. The molecule has 0 saturated carbocycles. The van der Waals surface area contributed by atoms with E-state index in [1.54, 1.807) is 7.05 Å². The second kappa shape index (κ2) is 5.75. The number of hydrogen-bond donors (Lipinski definition) is 1. The van der Waals surface area contributed by atoms with Crippen molar-refractivity contribution in [1.82, 2.24) is 9.80 Å². The fourth-order valence-electron chi connectivity index (χ4n) is 2.54. The van der Waals surface area contributed by atoms with Crippen molar-refractivity contribution in [3.8, 4) is 0 Å². The molecule has 1 aromatic rings. The van der Waals surface area contributed by atoms with Gasteiger partial charge in [0.05, 0.1) is 0 Å². The molecule has 6 heteroatoms. The third-order valence-corrected chi connectivity index (χ3v) is 3.83. The maximum atomic E-state index is 13.4. The van der Waals surface area contributed by atoms with E-state index < -0.39 is 23.2 Å². The minimum Gasteiger partial charge on any atom is -0.394 e. The van der Waals surface area contributed by atoms with Crippen molar-refractivity contribution in [3.63, 3.8) is 0 Å². The highest BCUT2D eigenvalue weighted by Gasteiger charge is 2.25. The number of likely N-dealkylation sites (tertiary alicyclic amines) is 1. The van der Waals surface area contributed by atoms with Gasteiger partial charge < -0.3 is 15.5 Å². The van der Waals surface area contributed by atoms with E-state index in [9.17, 15) is 13.6 Å². The SMILES string of the molecule is CN(CC1CCCN1C)C(=O)c1cc(F)c(N)c(F)c1. The molecule has 1 aliphatic rings. The Bertz CT molecular complexity index is 498. The molecule has 2 N–H and O–H groups in total. The summed E-state index contributed by atoms with van der Waals surface area (Å²) in [6.45, 7) is 1.56. The van der Waals surface area contributed by atoms with Crippen molar-refractivity contribution in [2.24, 2.45) is 0 Å². The normalized spacial score (nSPS) is 19.3. The van der Waals surface area contributed by atoms with Crippen LogP contribution in [0.2, 0.25) is 0 Å². The van der Waals surface area contributed by atoms with Gasteiger partial charge in [-0.25, -0.2) is 8.78 Å². The Balaban J connectivity index is 2.10. The van der Waals surface area contributed by atoms with Crippen LogP contribution in [0, 0.1) is 11.6 Å². The zero-order chi connectivity index (χ0) is 14.9. The van der Waals surface area contributed by atoms with E-state index >= 15 is 0 Å². The van der Waals surface area contributed by atoms with E-state index in [-0.39, 0.29) is 5.56 Å². The highest BCUT2D eigenvalue weighted by molar-refractivity contribution is 5.94. The van der Waals surface area contributed by atoms with Crippen LogP contribution in [0.4, 0.5) is 14.5 Å². The molecule has 2 rings (SSSR count). The molecule has 1 aliphatic heterocycles. The summed E-state index contributed by atoms with van der Waals surface area (Å²) in [7, 11) is 3.65. The van der Waals surface area contributed by atoms with E-state index in [1.165, 1.54) is 4.90 Å². The van der Waals surface area contributed by atoms with Gasteiger partial charge in [-0.05, 0) is 38.6 Å². The van der Waals surface area contributed by atoms with Crippen LogP contribution in [-0.4, -0.2) is 48.9 Å². The van der Waals surface area contributed by atoms with Crippen molar-refractivity contribution in [2.75, 3.05) is 32.9 Å². The van der Waals surface area contributed by atoms with Gasteiger partial charge in [0.1, 0.15) is 17.3 Å². The van der Waals surface area contributed by atoms with E-state index in [4.69, 9.17) is 5.73 Å². The van der Waals surface area contributed by atoms with Crippen LogP contribution in [0.5, 0.6) is 0 Å². The predicted molar refractivity (Wildman–Crippen MR) is 73.4 cm³/mol. The number of halogens is 2. The number of nitrogens with zero attached hydrogens (tertiary/aromatic N) is 2. The molecule has 110 valence electrons. The van der Waals surface area contributed by atoms with Gasteiger partial charge in [-0.1, -0.05) is 0 Å². The molecule has 0 radical (unpaired) electrons. The molecule has 0 aliphatic carbocycles.